The van der Waals surface area contributed by atoms with Crippen molar-refractivity contribution in [2.24, 2.45) is 0 Å². The van der Waals surface area contributed by atoms with Gasteiger partial charge in [0.05, 0.1) is 22.6 Å². The Kier molecular flexibility index (Phi) is 5.20. The number of hydrogen-bond acceptors (Lipinski definition) is 3. The van der Waals surface area contributed by atoms with Crippen LogP contribution in [0.4, 0.5) is 5.82 Å². The SMILES string of the molecule is O=C1CS[C@@H](c2ccccc2)c2c(n(C3CCCCCCC3)[nH]c2=O)N1. The molecule has 0 bridgehead atoms. The third-order valence-corrected chi connectivity index (χ3v) is 6.68. The molecule has 26 heavy (non-hydrogen) atoms. The quantitative estimate of drug-likeness (QED) is 0.830. The Labute approximate surface area is 157 Å². The van der Waals surface area contributed by atoms with Crippen molar-refractivity contribution < 1.29 is 4.79 Å². The van der Waals surface area contributed by atoms with Crippen molar-refractivity contribution >= 4 is 23.5 Å². The number of nitrogens with zero attached hydrogens (tertiary/aromatic N) is 1. The first-order chi connectivity index (χ1) is 12.7. The Balaban J connectivity index is 1.77. The molecule has 0 saturated heterocycles. The second kappa shape index (κ2) is 7.74. The van der Waals surface area contributed by atoms with Gasteiger partial charge in [0.1, 0.15) is 5.82 Å². The predicted molar refractivity (Wildman–Crippen MR) is 106 cm³/mol. The summed E-state index contributed by atoms with van der Waals surface area (Å²) >= 11 is 1.52. The summed E-state index contributed by atoms with van der Waals surface area (Å²) in [6.45, 7) is 0. The summed E-state index contributed by atoms with van der Waals surface area (Å²) in [4.78, 5) is 25.2. The fourth-order valence-electron chi connectivity index (χ4n) is 4.10. The molecule has 1 saturated carbocycles. The van der Waals surface area contributed by atoms with Crippen LogP contribution in [0.1, 0.15) is 67.4 Å². The highest BCUT2D eigenvalue weighted by molar-refractivity contribution is 8.00. The van der Waals surface area contributed by atoms with Gasteiger partial charge in [-0.1, -0.05) is 62.4 Å². The smallest absolute Gasteiger partial charge is 0.270 e. The Bertz CT molecular complexity index is 819. The number of thioether (sulfide) groups is 1. The van der Waals surface area contributed by atoms with E-state index < -0.39 is 0 Å². The maximum absolute atomic E-state index is 12.9. The van der Waals surface area contributed by atoms with Crippen LogP contribution < -0.4 is 10.9 Å². The molecule has 1 amide bonds. The van der Waals surface area contributed by atoms with Gasteiger partial charge in [-0.3, -0.25) is 19.4 Å². The number of rotatable bonds is 2. The number of fused-ring (bicyclic) bond motifs is 1. The monoisotopic (exact) mass is 371 g/mol. The molecule has 138 valence electrons. The number of benzene rings is 1. The van der Waals surface area contributed by atoms with E-state index in [1.807, 2.05) is 35.0 Å². The summed E-state index contributed by atoms with van der Waals surface area (Å²) in [5.74, 6) is 1.01. The molecule has 4 rings (SSSR count). The van der Waals surface area contributed by atoms with Crippen LogP contribution >= 0.6 is 11.8 Å². The third kappa shape index (κ3) is 3.47. The highest BCUT2D eigenvalue weighted by atomic mass is 32.2. The van der Waals surface area contributed by atoms with E-state index in [0.717, 1.165) is 18.4 Å². The lowest BCUT2D eigenvalue weighted by Gasteiger charge is -2.23. The van der Waals surface area contributed by atoms with Crippen LogP contribution in [0.5, 0.6) is 0 Å². The molecule has 6 heteroatoms. The predicted octanol–water partition coefficient (Wildman–Crippen LogP) is 4.24. The summed E-state index contributed by atoms with van der Waals surface area (Å²) in [6, 6.07) is 10.3. The Morgan fingerprint density at radius 3 is 2.38 bits per heavy atom. The highest BCUT2D eigenvalue weighted by Gasteiger charge is 2.32. The number of aromatic amines is 1. The number of anilines is 1. The number of amides is 1. The summed E-state index contributed by atoms with van der Waals surface area (Å²) < 4.78 is 1.96. The minimum atomic E-state index is -0.122. The van der Waals surface area contributed by atoms with E-state index in [1.165, 1.54) is 43.9 Å². The van der Waals surface area contributed by atoms with Crippen molar-refractivity contribution in [3.8, 4) is 0 Å². The minimum absolute atomic E-state index is 0.0340. The van der Waals surface area contributed by atoms with Crippen molar-refractivity contribution in [1.82, 2.24) is 9.78 Å². The Hall–Kier alpha value is -1.95. The molecule has 2 aromatic rings. The summed E-state index contributed by atoms with van der Waals surface area (Å²) in [7, 11) is 0. The van der Waals surface area contributed by atoms with Crippen LogP contribution in [0.3, 0.4) is 0 Å². The van der Waals surface area contributed by atoms with Crippen LogP contribution in [0.15, 0.2) is 35.1 Å². The summed E-state index contributed by atoms with van der Waals surface area (Å²) in [5.41, 5.74) is 1.68. The van der Waals surface area contributed by atoms with E-state index in [1.54, 1.807) is 0 Å². The molecule has 0 unspecified atom stereocenters. The van der Waals surface area contributed by atoms with E-state index in [0.29, 0.717) is 17.1 Å². The van der Waals surface area contributed by atoms with E-state index in [9.17, 15) is 9.59 Å². The topological polar surface area (TPSA) is 66.9 Å². The number of carbonyl (C=O) groups is 1. The minimum Gasteiger partial charge on any atom is -0.310 e. The molecule has 1 atom stereocenters. The van der Waals surface area contributed by atoms with E-state index >= 15 is 0 Å². The molecular formula is C20H25N3O2S. The normalized spacial score (nSPS) is 22.0. The van der Waals surface area contributed by atoms with Crippen molar-refractivity contribution in [2.45, 2.75) is 56.2 Å². The van der Waals surface area contributed by atoms with Gasteiger partial charge in [0, 0.05) is 0 Å². The van der Waals surface area contributed by atoms with Gasteiger partial charge in [0.25, 0.3) is 5.56 Å². The van der Waals surface area contributed by atoms with Crippen LogP contribution in [0.2, 0.25) is 0 Å². The van der Waals surface area contributed by atoms with Crippen LogP contribution in [-0.2, 0) is 4.79 Å². The van der Waals surface area contributed by atoms with Gasteiger partial charge in [-0.15, -0.1) is 11.8 Å². The maximum atomic E-state index is 12.9. The molecule has 5 nitrogen and oxygen atoms in total. The largest absolute Gasteiger partial charge is 0.310 e. The van der Waals surface area contributed by atoms with Gasteiger partial charge in [0.2, 0.25) is 5.91 Å². The van der Waals surface area contributed by atoms with Gasteiger partial charge in [-0.25, -0.2) is 0 Å². The van der Waals surface area contributed by atoms with Crippen LogP contribution in [-0.4, -0.2) is 21.4 Å². The summed E-state index contributed by atoms with van der Waals surface area (Å²) in [5, 5.41) is 5.95. The van der Waals surface area contributed by atoms with E-state index in [-0.39, 0.29) is 22.8 Å². The van der Waals surface area contributed by atoms with Gasteiger partial charge in [0.15, 0.2) is 0 Å². The second-order valence-corrected chi connectivity index (χ2v) is 8.32. The molecule has 0 spiro atoms. The Morgan fingerprint density at radius 2 is 1.65 bits per heavy atom. The fourth-order valence-corrected chi connectivity index (χ4v) is 5.23. The number of hydrogen-bond donors (Lipinski definition) is 2. The zero-order valence-corrected chi connectivity index (χ0v) is 15.7. The standard InChI is InChI=1S/C20H25N3O2S/c24-16-13-26-18(14-9-5-4-6-10-14)17-19(21-16)23(22-20(17)25)15-11-7-2-1-3-8-12-15/h4-6,9-10,15,18H,1-3,7-8,11-13H2,(H,21,24)(H,22,25)/t18-/m0/s1. The fraction of sp³-hybridized carbons (Fsp3) is 0.500. The van der Waals surface area contributed by atoms with Crippen molar-refractivity contribution in [2.75, 3.05) is 11.1 Å². The average molecular weight is 372 g/mol. The van der Waals surface area contributed by atoms with Gasteiger partial charge < -0.3 is 5.32 Å². The number of aromatic nitrogens is 2. The lowest BCUT2D eigenvalue weighted by Crippen LogP contribution is -2.20. The van der Waals surface area contributed by atoms with Crippen molar-refractivity contribution in [3.63, 3.8) is 0 Å². The highest BCUT2D eigenvalue weighted by Crippen LogP contribution is 2.41. The molecule has 2 N–H and O–H groups in total. The summed E-state index contributed by atoms with van der Waals surface area (Å²) in [6.07, 6.45) is 8.25. The van der Waals surface area contributed by atoms with E-state index in [2.05, 4.69) is 10.4 Å². The molecule has 1 aliphatic heterocycles. The van der Waals surface area contributed by atoms with Crippen molar-refractivity contribution in [1.29, 1.82) is 0 Å². The first-order valence-corrected chi connectivity index (χ1v) is 10.6. The lowest BCUT2D eigenvalue weighted by atomic mass is 9.96. The molecule has 0 radical (unpaired) electrons. The lowest BCUT2D eigenvalue weighted by molar-refractivity contribution is -0.113. The molecule has 1 aromatic carbocycles. The van der Waals surface area contributed by atoms with Gasteiger partial charge >= 0.3 is 0 Å². The number of nitrogens with one attached hydrogen (secondary N) is 2. The Morgan fingerprint density at radius 1 is 0.962 bits per heavy atom. The van der Waals surface area contributed by atoms with Crippen molar-refractivity contribution in [3.05, 3.63) is 51.8 Å². The molecule has 1 aliphatic carbocycles. The first kappa shape index (κ1) is 17.5. The maximum Gasteiger partial charge on any atom is 0.270 e. The number of H-pyrrole nitrogens is 1. The molecular weight excluding hydrogens is 346 g/mol. The average Bonchev–Trinajstić information content (AvgIpc) is 2.82. The van der Waals surface area contributed by atoms with E-state index in [4.69, 9.17) is 0 Å². The van der Waals surface area contributed by atoms with Crippen LogP contribution in [0.25, 0.3) is 0 Å². The molecule has 1 fully saturated rings. The molecule has 2 heterocycles. The zero-order chi connectivity index (χ0) is 17.9. The second-order valence-electron chi connectivity index (χ2n) is 7.22. The molecule has 2 aliphatic rings. The van der Waals surface area contributed by atoms with Gasteiger partial charge in [-0.05, 0) is 18.4 Å². The zero-order valence-electron chi connectivity index (χ0n) is 14.9. The third-order valence-electron chi connectivity index (χ3n) is 5.41. The number of carbonyl (C=O) groups excluding carboxylic acids is 1. The first-order valence-electron chi connectivity index (χ1n) is 9.55. The van der Waals surface area contributed by atoms with Crippen LogP contribution in [0, 0.1) is 0 Å². The van der Waals surface area contributed by atoms with Gasteiger partial charge in [-0.2, -0.15) is 0 Å². The molecule has 1 aromatic heterocycles.